The SMILES string of the molecule is CCC=CC(N)CCC1(C)Cn2nccc2C(N)=N1. The molecule has 2 unspecified atom stereocenters. The van der Waals surface area contributed by atoms with Gasteiger partial charge >= 0.3 is 0 Å². The van der Waals surface area contributed by atoms with Gasteiger partial charge in [0.1, 0.15) is 11.5 Å². The number of hydrogen-bond acceptors (Lipinski definition) is 4. The third-order valence-corrected chi connectivity index (χ3v) is 3.49. The van der Waals surface area contributed by atoms with Crippen LogP contribution in [0.2, 0.25) is 0 Å². The monoisotopic (exact) mass is 261 g/mol. The molecule has 0 radical (unpaired) electrons. The second-order valence-corrected chi connectivity index (χ2v) is 5.41. The molecule has 1 aromatic rings. The maximum Gasteiger partial charge on any atom is 0.144 e. The molecule has 2 atom stereocenters. The lowest BCUT2D eigenvalue weighted by Crippen LogP contribution is -2.40. The summed E-state index contributed by atoms with van der Waals surface area (Å²) in [6.45, 7) is 4.98. The largest absolute Gasteiger partial charge is 0.382 e. The first-order valence-corrected chi connectivity index (χ1v) is 6.84. The quantitative estimate of drug-likeness (QED) is 0.787. The van der Waals surface area contributed by atoms with E-state index in [4.69, 9.17) is 11.5 Å². The van der Waals surface area contributed by atoms with Gasteiger partial charge in [0.05, 0.1) is 12.1 Å². The molecule has 4 N–H and O–H groups in total. The molecule has 0 spiro atoms. The van der Waals surface area contributed by atoms with Crippen molar-refractivity contribution in [2.45, 2.75) is 51.2 Å². The number of allylic oxidation sites excluding steroid dienone is 1. The molecule has 0 saturated heterocycles. The Labute approximate surface area is 114 Å². The van der Waals surface area contributed by atoms with E-state index in [9.17, 15) is 0 Å². The van der Waals surface area contributed by atoms with E-state index in [1.807, 2.05) is 10.7 Å². The number of rotatable bonds is 5. The zero-order valence-corrected chi connectivity index (χ0v) is 11.7. The van der Waals surface area contributed by atoms with E-state index in [1.54, 1.807) is 6.20 Å². The van der Waals surface area contributed by atoms with Crippen LogP contribution in [0.1, 0.15) is 38.8 Å². The summed E-state index contributed by atoms with van der Waals surface area (Å²) in [5.41, 5.74) is 12.8. The molecule has 0 fully saturated rings. The van der Waals surface area contributed by atoms with Crippen LogP contribution >= 0.6 is 0 Å². The first-order chi connectivity index (χ1) is 9.04. The Morgan fingerprint density at radius 1 is 1.58 bits per heavy atom. The van der Waals surface area contributed by atoms with E-state index in [0.717, 1.165) is 31.5 Å². The van der Waals surface area contributed by atoms with Crippen molar-refractivity contribution in [2.24, 2.45) is 16.5 Å². The maximum absolute atomic E-state index is 6.06. The molecule has 0 saturated carbocycles. The molecule has 19 heavy (non-hydrogen) atoms. The molecule has 0 bridgehead atoms. The number of nitrogens with two attached hydrogens (primary N) is 2. The van der Waals surface area contributed by atoms with Gasteiger partial charge in [-0.15, -0.1) is 0 Å². The van der Waals surface area contributed by atoms with E-state index >= 15 is 0 Å². The third-order valence-electron chi connectivity index (χ3n) is 3.49. The summed E-state index contributed by atoms with van der Waals surface area (Å²) in [4.78, 5) is 4.63. The molecule has 1 aromatic heterocycles. The predicted molar refractivity (Wildman–Crippen MR) is 78.0 cm³/mol. The number of amidine groups is 1. The highest BCUT2D eigenvalue weighted by molar-refractivity contribution is 5.96. The molecule has 1 aliphatic heterocycles. The molecule has 0 aliphatic carbocycles. The number of aliphatic imine (C=N–C) groups is 1. The van der Waals surface area contributed by atoms with Crippen molar-refractivity contribution in [3.63, 3.8) is 0 Å². The summed E-state index contributed by atoms with van der Waals surface area (Å²) < 4.78 is 1.93. The molecule has 2 rings (SSSR count). The Hall–Kier alpha value is -1.62. The van der Waals surface area contributed by atoms with Crippen molar-refractivity contribution in [1.29, 1.82) is 0 Å². The molecule has 104 valence electrons. The molecule has 2 heterocycles. The van der Waals surface area contributed by atoms with Crippen molar-refractivity contribution < 1.29 is 0 Å². The van der Waals surface area contributed by atoms with Crippen LogP contribution in [0.15, 0.2) is 29.4 Å². The molecule has 5 nitrogen and oxygen atoms in total. The second kappa shape index (κ2) is 5.57. The lowest BCUT2D eigenvalue weighted by Gasteiger charge is -2.31. The summed E-state index contributed by atoms with van der Waals surface area (Å²) in [7, 11) is 0. The minimum absolute atomic E-state index is 0.0900. The van der Waals surface area contributed by atoms with Gasteiger partial charge in [0.25, 0.3) is 0 Å². The van der Waals surface area contributed by atoms with Gasteiger partial charge in [0, 0.05) is 12.2 Å². The molecular weight excluding hydrogens is 238 g/mol. The van der Waals surface area contributed by atoms with Crippen LogP contribution in [0.4, 0.5) is 0 Å². The molecule has 1 aliphatic rings. The minimum Gasteiger partial charge on any atom is -0.382 e. The highest BCUT2D eigenvalue weighted by Gasteiger charge is 2.30. The highest BCUT2D eigenvalue weighted by atomic mass is 15.3. The summed E-state index contributed by atoms with van der Waals surface area (Å²) in [6, 6.07) is 1.99. The van der Waals surface area contributed by atoms with Gasteiger partial charge in [-0.25, -0.2) is 0 Å². The standard InChI is InChI=1S/C14H23N5/c1-3-4-5-11(15)6-8-14(2)10-19-12(7-9-17-19)13(16)18-14/h4-5,7,9,11H,3,6,8,10,15H2,1-2H3,(H2,16,18). The van der Waals surface area contributed by atoms with Crippen molar-refractivity contribution in [3.05, 3.63) is 30.1 Å². The fourth-order valence-electron chi connectivity index (χ4n) is 2.40. The van der Waals surface area contributed by atoms with Gasteiger partial charge in [-0.2, -0.15) is 5.10 Å². The zero-order chi connectivity index (χ0) is 13.9. The number of hydrogen-bond donors (Lipinski definition) is 2. The van der Waals surface area contributed by atoms with E-state index < -0.39 is 0 Å². The fourth-order valence-corrected chi connectivity index (χ4v) is 2.40. The van der Waals surface area contributed by atoms with Crippen LogP contribution in [0.5, 0.6) is 0 Å². The van der Waals surface area contributed by atoms with Crippen molar-refractivity contribution in [2.75, 3.05) is 0 Å². The van der Waals surface area contributed by atoms with Gasteiger partial charge in [-0.3, -0.25) is 9.67 Å². The molecule has 0 aromatic carbocycles. The summed E-state index contributed by atoms with van der Waals surface area (Å²) in [6.07, 6.45) is 8.77. The van der Waals surface area contributed by atoms with Crippen molar-refractivity contribution in [3.8, 4) is 0 Å². The van der Waals surface area contributed by atoms with E-state index in [0.29, 0.717) is 5.84 Å². The fraction of sp³-hybridized carbons (Fsp3) is 0.571. The minimum atomic E-state index is -0.208. The second-order valence-electron chi connectivity index (χ2n) is 5.41. The Morgan fingerprint density at radius 2 is 2.37 bits per heavy atom. The van der Waals surface area contributed by atoms with Crippen LogP contribution in [-0.4, -0.2) is 27.2 Å². The number of fused-ring (bicyclic) bond motifs is 1. The topological polar surface area (TPSA) is 82.2 Å². The Bertz CT molecular complexity index is 488. The van der Waals surface area contributed by atoms with Crippen molar-refractivity contribution >= 4 is 5.84 Å². The first kappa shape index (κ1) is 13.8. The van der Waals surface area contributed by atoms with Crippen LogP contribution in [-0.2, 0) is 6.54 Å². The lowest BCUT2D eigenvalue weighted by atomic mass is 9.92. The number of aromatic nitrogens is 2. The highest BCUT2D eigenvalue weighted by Crippen LogP contribution is 2.25. The van der Waals surface area contributed by atoms with Crippen molar-refractivity contribution in [1.82, 2.24) is 9.78 Å². The van der Waals surface area contributed by atoms with Gasteiger partial charge in [-0.05, 0) is 32.3 Å². The van der Waals surface area contributed by atoms with E-state index in [2.05, 4.69) is 36.1 Å². The lowest BCUT2D eigenvalue weighted by molar-refractivity contribution is 0.332. The van der Waals surface area contributed by atoms with Crippen LogP contribution < -0.4 is 11.5 Å². The van der Waals surface area contributed by atoms with E-state index in [1.165, 1.54) is 0 Å². The van der Waals surface area contributed by atoms with Gasteiger partial charge in [-0.1, -0.05) is 19.1 Å². The molecular formula is C14H23N5. The Kier molecular flexibility index (Phi) is 4.04. The predicted octanol–water partition coefficient (Wildman–Crippen LogP) is 1.43. The number of nitrogens with zero attached hydrogens (tertiary/aromatic N) is 3. The molecule has 5 heteroatoms. The van der Waals surface area contributed by atoms with Gasteiger partial charge in [0.2, 0.25) is 0 Å². The van der Waals surface area contributed by atoms with E-state index in [-0.39, 0.29) is 11.6 Å². The van der Waals surface area contributed by atoms with Gasteiger partial charge in [0.15, 0.2) is 0 Å². The van der Waals surface area contributed by atoms with Crippen LogP contribution in [0, 0.1) is 0 Å². The average Bonchev–Trinajstić information content (AvgIpc) is 2.82. The normalized spacial score (nSPS) is 24.3. The smallest absolute Gasteiger partial charge is 0.144 e. The van der Waals surface area contributed by atoms with Crippen LogP contribution in [0.3, 0.4) is 0 Å². The summed E-state index contributed by atoms with van der Waals surface area (Å²) >= 11 is 0. The summed E-state index contributed by atoms with van der Waals surface area (Å²) in [5.74, 6) is 0.573. The first-order valence-electron chi connectivity index (χ1n) is 6.84. The maximum atomic E-state index is 6.06. The zero-order valence-electron chi connectivity index (χ0n) is 11.7. The van der Waals surface area contributed by atoms with Gasteiger partial charge < -0.3 is 11.5 Å². The average molecular weight is 261 g/mol. The van der Waals surface area contributed by atoms with Crippen LogP contribution in [0.25, 0.3) is 0 Å². The third kappa shape index (κ3) is 3.23. The summed E-state index contributed by atoms with van der Waals surface area (Å²) in [5, 5.41) is 4.29. The molecule has 0 amide bonds. The Balaban J connectivity index is 2.01. The Morgan fingerprint density at radius 3 is 3.11 bits per heavy atom.